The molecule has 0 spiro atoms. The molecule has 5 heteroatoms. The summed E-state index contributed by atoms with van der Waals surface area (Å²) in [4.78, 5) is 14.2. The first kappa shape index (κ1) is 10.3. The van der Waals surface area contributed by atoms with Gasteiger partial charge in [-0.3, -0.25) is 4.57 Å². The summed E-state index contributed by atoms with van der Waals surface area (Å²) in [6.07, 6.45) is -0.558. The summed E-state index contributed by atoms with van der Waals surface area (Å²) in [5.74, 6) is 0. The minimum atomic E-state index is -0.558. The predicted molar refractivity (Wildman–Crippen MR) is 59.2 cm³/mol. The third-order valence-corrected chi connectivity index (χ3v) is 2.42. The molecule has 2 aromatic rings. The summed E-state index contributed by atoms with van der Waals surface area (Å²) in [6.45, 7) is 1.92. The lowest BCUT2D eigenvalue weighted by atomic mass is 10.3. The number of fused-ring (bicyclic) bond motifs is 1. The Morgan fingerprint density at radius 2 is 2.33 bits per heavy atom. The number of benzene rings is 1. The van der Waals surface area contributed by atoms with E-state index in [0.29, 0.717) is 10.5 Å². The van der Waals surface area contributed by atoms with Crippen LogP contribution in [0.15, 0.2) is 23.0 Å². The molecule has 0 aliphatic heterocycles. The van der Waals surface area contributed by atoms with E-state index in [1.54, 1.807) is 25.1 Å². The molecule has 1 heterocycles. The van der Waals surface area contributed by atoms with Crippen molar-refractivity contribution in [3.8, 4) is 0 Å². The maximum Gasteiger partial charge on any atom is 0.326 e. The van der Waals surface area contributed by atoms with Gasteiger partial charge in [-0.2, -0.15) is 0 Å². The van der Waals surface area contributed by atoms with Crippen molar-refractivity contribution in [2.75, 3.05) is 0 Å². The van der Waals surface area contributed by atoms with Crippen LogP contribution < -0.4 is 5.69 Å². The van der Waals surface area contributed by atoms with Gasteiger partial charge in [-0.1, -0.05) is 11.6 Å². The Morgan fingerprint density at radius 3 is 3.00 bits per heavy atom. The second kappa shape index (κ2) is 3.72. The Balaban J connectivity index is 2.63. The molecule has 1 aromatic heterocycles. The van der Waals surface area contributed by atoms with Gasteiger partial charge in [-0.25, -0.2) is 4.79 Å². The smallest absolute Gasteiger partial charge is 0.326 e. The van der Waals surface area contributed by atoms with Crippen molar-refractivity contribution < 1.29 is 5.11 Å². The Kier molecular flexibility index (Phi) is 2.54. The monoisotopic (exact) mass is 226 g/mol. The number of hydrogen-bond acceptors (Lipinski definition) is 2. The molecule has 0 fully saturated rings. The average Bonchev–Trinajstić information content (AvgIpc) is 2.41. The van der Waals surface area contributed by atoms with Crippen LogP contribution >= 0.6 is 11.6 Å². The molecule has 0 saturated carbocycles. The number of nitrogens with one attached hydrogen (secondary N) is 1. The van der Waals surface area contributed by atoms with E-state index in [0.717, 1.165) is 5.52 Å². The highest BCUT2D eigenvalue weighted by atomic mass is 35.5. The topological polar surface area (TPSA) is 58.0 Å². The number of aromatic nitrogens is 2. The largest absolute Gasteiger partial charge is 0.392 e. The number of H-pyrrole nitrogens is 1. The van der Waals surface area contributed by atoms with Crippen molar-refractivity contribution in [2.24, 2.45) is 0 Å². The molecule has 0 bridgehead atoms. The zero-order valence-electron chi connectivity index (χ0n) is 8.20. The minimum absolute atomic E-state index is 0.229. The molecule has 1 unspecified atom stereocenters. The van der Waals surface area contributed by atoms with Crippen molar-refractivity contribution in [1.29, 1.82) is 0 Å². The second-order valence-electron chi connectivity index (χ2n) is 3.55. The van der Waals surface area contributed by atoms with E-state index in [-0.39, 0.29) is 12.2 Å². The van der Waals surface area contributed by atoms with E-state index in [4.69, 9.17) is 11.6 Å². The van der Waals surface area contributed by atoms with Gasteiger partial charge in [0.25, 0.3) is 0 Å². The van der Waals surface area contributed by atoms with E-state index in [9.17, 15) is 9.90 Å². The molecule has 0 aliphatic carbocycles. The summed E-state index contributed by atoms with van der Waals surface area (Å²) < 4.78 is 1.50. The number of aliphatic hydroxyl groups excluding tert-OH is 1. The zero-order valence-corrected chi connectivity index (χ0v) is 8.95. The van der Waals surface area contributed by atoms with E-state index in [1.807, 2.05) is 0 Å². The number of hydrogen-bond donors (Lipinski definition) is 2. The molecule has 2 rings (SSSR count). The molecule has 1 aromatic carbocycles. The lowest BCUT2D eigenvalue weighted by Crippen LogP contribution is -2.22. The maximum absolute atomic E-state index is 11.5. The first-order chi connectivity index (χ1) is 7.08. The third kappa shape index (κ3) is 1.91. The van der Waals surface area contributed by atoms with Gasteiger partial charge < -0.3 is 10.1 Å². The molecular weight excluding hydrogens is 216 g/mol. The third-order valence-electron chi connectivity index (χ3n) is 2.18. The van der Waals surface area contributed by atoms with E-state index in [2.05, 4.69) is 4.98 Å². The molecule has 0 amide bonds. The quantitative estimate of drug-likeness (QED) is 0.813. The molecular formula is C10H11ClN2O2. The molecule has 80 valence electrons. The first-order valence-electron chi connectivity index (χ1n) is 4.64. The van der Waals surface area contributed by atoms with Crippen molar-refractivity contribution in [2.45, 2.75) is 19.6 Å². The van der Waals surface area contributed by atoms with Crippen LogP contribution in [0, 0.1) is 0 Å². The van der Waals surface area contributed by atoms with E-state index >= 15 is 0 Å². The fourth-order valence-electron chi connectivity index (χ4n) is 1.58. The lowest BCUT2D eigenvalue weighted by Gasteiger charge is -2.05. The van der Waals surface area contributed by atoms with Crippen molar-refractivity contribution in [3.05, 3.63) is 33.7 Å². The number of aliphatic hydroxyl groups is 1. The normalized spacial score (nSPS) is 13.3. The van der Waals surface area contributed by atoms with E-state index < -0.39 is 6.10 Å². The standard InChI is InChI=1S/C10H11ClN2O2/c1-6(14)5-13-9-3-2-7(11)4-8(9)12-10(13)15/h2-4,6,14H,5H2,1H3,(H,12,15). The molecule has 0 saturated heterocycles. The molecule has 2 N–H and O–H groups in total. The summed E-state index contributed by atoms with van der Waals surface area (Å²) in [6, 6.07) is 5.17. The molecule has 4 nitrogen and oxygen atoms in total. The maximum atomic E-state index is 11.5. The van der Waals surface area contributed by atoms with Gasteiger partial charge in [-0.15, -0.1) is 0 Å². The predicted octanol–water partition coefficient (Wildman–Crippen LogP) is 1.36. The van der Waals surface area contributed by atoms with Crippen LogP contribution in [0.1, 0.15) is 6.92 Å². The van der Waals surface area contributed by atoms with Crippen molar-refractivity contribution in [1.82, 2.24) is 9.55 Å². The zero-order chi connectivity index (χ0) is 11.0. The summed E-state index contributed by atoms with van der Waals surface area (Å²) in [7, 11) is 0. The fourth-order valence-corrected chi connectivity index (χ4v) is 1.75. The molecule has 1 atom stereocenters. The number of halogens is 1. The highest BCUT2D eigenvalue weighted by molar-refractivity contribution is 6.31. The van der Waals surface area contributed by atoms with Crippen LogP contribution in [0.4, 0.5) is 0 Å². The summed E-state index contributed by atoms with van der Waals surface area (Å²) >= 11 is 5.81. The van der Waals surface area contributed by atoms with Crippen molar-refractivity contribution in [3.63, 3.8) is 0 Å². The SMILES string of the molecule is CC(O)Cn1c(=O)[nH]c2cc(Cl)ccc21. The highest BCUT2D eigenvalue weighted by Crippen LogP contribution is 2.16. The van der Waals surface area contributed by atoms with Crippen LogP contribution in [-0.2, 0) is 6.54 Å². The fraction of sp³-hybridized carbons (Fsp3) is 0.300. The Labute approximate surface area is 91.1 Å². The van der Waals surface area contributed by atoms with Gasteiger partial charge in [0.15, 0.2) is 0 Å². The summed E-state index contributed by atoms with van der Waals surface area (Å²) in [5.41, 5.74) is 1.21. The van der Waals surface area contributed by atoms with Crippen LogP contribution in [0.25, 0.3) is 11.0 Å². The van der Waals surface area contributed by atoms with Gasteiger partial charge in [0.05, 0.1) is 23.7 Å². The van der Waals surface area contributed by atoms with Gasteiger partial charge in [0.2, 0.25) is 0 Å². The highest BCUT2D eigenvalue weighted by Gasteiger charge is 2.08. The van der Waals surface area contributed by atoms with Crippen LogP contribution in [0.3, 0.4) is 0 Å². The number of rotatable bonds is 2. The summed E-state index contributed by atoms with van der Waals surface area (Å²) in [5, 5.41) is 9.84. The van der Waals surface area contributed by atoms with Gasteiger partial charge >= 0.3 is 5.69 Å². The number of imidazole rings is 1. The lowest BCUT2D eigenvalue weighted by molar-refractivity contribution is 0.174. The van der Waals surface area contributed by atoms with Crippen LogP contribution in [0.2, 0.25) is 5.02 Å². The first-order valence-corrected chi connectivity index (χ1v) is 5.02. The van der Waals surface area contributed by atoms with Crippen molar-refractivity contribution >= 4 is 22.6 Å². The average molecular weight is 227 g/mol. The van der Waals surface area contributed by atoms with Crippen LogP contribution in [-0.4, -0.2) is 20.8 Å². The Morgan fingerprint density at radius 1 is 1.60 bits per heavy atom. The second-order valence-corrected chi connectivity index (χ2v) is 3.99. The van der Waals surface area contributed by atoms with Gasteiger partial charge in [0.1, 0.15) is 0 Å². The molecule has 15 heavy (non-hydrogen) atoms. The van der Waals surface area contributed by atoms with Gasteiger partial charge in [-0.05, 0) is 25.1 Å². The molecule has 0 aliphatic rings. The number of aromatic amines is 1. The van der Waals surface area contributed by atoms with Crippen LogP contribution in [0.5, 0.6) is 0 Å². The Bertz CT molecular complexity index is 542. The van der Waals surface area contributed by atoms with E-state index in [1.165, 1.54) is 4.57 Å². The molecule has 0 radical (unpaired) electrons. The van der Waals surface area contributed by atoms with Gasteiger partial charge in [0, 0.05) is 5.02 Å². The minimum Gasteiger partial charge on any atom is -0.392 e. The Hall–Kier alpha value is -1.26. The number of nitrogens with zero attached hydrogens (tertiary/aromatic N) is 1.